The van der Waals surface area contributed by atoms with Crippen LogP contribution >= 0.6 is 0 Å². The van der Waals surface area contributed by atoms with Crippen LogP contribution in [0.4, 0.5) is 0 Å². The molecule has 110 valence electrons. The minimum atomic E-state index is -0.859. The van der Waals surface area contributed by atoms with Crippen molar-refractivity contribution in [2.45, 2.75) is 56.7 Å². The van der Waals surface area contributed by atoms with Gasteiger partial charge in [-0.1, -0.05) is 0 Å². The van der Waals surface area contributed by atoms with Gasteiger partial charge in [-0.25, -0.2) is 0 Å². The van der Waals surface area contributed by atoms with Crippen LogP contribution in [0.1, 0.15) is 39.0 Å². The standard InChI is InChI=1S/C14H28N4O/c1-14(16,13(15)19)7-3-8-18-9-6-11-4-5-12(10-18)17(11)2/h11-12H,3-10,16H2,1-2H3,(H2,15,19). The van der Waals surface area contributed by atoms with E-state index in [0.29, 0.717) is 12.5 Å². The molecule has 3 atom stereocenters. The van der Waals surface area contributed by atoms with Crippen molar-refractivity contribution >= 4 is 5.91 Å². The summed E-state index contributed by atoms with van der Waals surface area (Å²) in [6, 6.07) is 1.49. The van der Waals surface area contributed by atoms with Crippen LogP contribution in [0.5, 0.6) is 0 Å². The van der Waals surface area contributed by atoms with Crippen molar-refractivity contribution in [2.75, 3.05) is 26.7 Å². The van der Waals surface area contributed by atoms with Gasteiger partial charge in [-0.15, -0.1) is 0 Å². The van der Waals surface area contributed by atoms with Gasteiger partial charge in [-0.05, 0) is 59.2 Å². The molecule has 4 N–H and O–H groups in total. The minimum Gasteiger partial charge on any atom is -0.368 e. The van der Waals surface area contributed by atoms with Crippen molar-refractivity contribution in [1.82, 2.24) is 9.80 Å². The first-order chi connectivity index (χ1) is 8.90. The second-order valence-electron chi connectivity index (χ2n) is 6.53. The zero-order chi connectivity index (χ0) is 14.0. The number of likely N-dealkylation sites (tertiary alicyclic amines) is 1. The summed E-state index contributed by atoms with van der Waals surface area (Å²) in [5.41, 5.74) is 10.3. The highest BCUT2D eigenvalue weighted by atomic mass is 16.1. The Morgan fingerprint density at radius 3 is 2.68 bits per heavy atom. The Morgan fingerprint density at radius 1 is 1.32 bits per heavy atom. The lowest BCUT2D eigenvalue weighted by Gasteiger charge is -2.27. The van der Waals surface area contributed by atoms with Gasteiger partial charge in [-0.2, -0.15) is 0 Å². The molecule has 2 rings (SSSR count). The van der Waals surface area contributed by atoms with Crippen molar-refractivity contribution < 1.29 is 4.79 Å². The predicted molar refractivity (Wildman–Crippen MR) is 76.7 cm³/mol. The van der Waals surface area contributed by atoms with Crippen LogP contribution in [0, 0.1) is 0 Å². The van der Waals surface area contributed by atoms with E-state index in [9.17, 15) is 4.79 Å². The molecule has 19 heavy (non-hydrogen) atoms. The van der Waals surface area contributed by atoms with E-state index in [-0.39, 0.29) is 0 Å². The van der Waals surface area contributed by atoms with Crippen molar-refractivity contribution in [2.24, 2.45) is 11.5 Å². The molecule has 2 saturated heterocycles. The number of carbonyl (C=O) groups excluding carboxylic acids is 1. The number of hydrogen-bond acceptors (Lipinski definition) is 4. The van der Waals surface area contributed by atoms with Gasteiger partial charge in [0.15, 0.2) is 0 Å². The molecular weight excluding hydrogens is 240 g/mol. The fourth-order valence-corrected chi connectivity index (χ4v) is 3.38. The van der Waals surface area contributed by atoms with E-state index in [1.165, 1.54) is 25.8 Å². The van der Waals surface area contributed by atoms with Gasteiger partial charge >= 0.3 is 0 Å². The van der Waals surface area contributed by atoms with Gasteiger partial charge in [0.25, 0.3) is 0 Å². The van der Waals surface area contributed by atoms with Crippen LogP contribution in [0.15, 0.2) is 0 Å². The second-order valence-corrected chi connectivity index (χ2v) is 6.53. The van der Waals surface area contributed by atoms with E-state index >= 15 is 0 Å². The molecule has 5 heteroatoms. The topological polar surface area (TPSA) is 75.6 Å². The minimum absolute atomic E-state index is 0.401. The van der Waals surface area contributed by atoms with Crippen molar-refractivity contribution in [1.29, 1.82) is 0 Å². The number of rotatable bonds is 5. The summed E-state index contributed by atoms with van der Waals surface area (Å²) in [6.45, 7) is 5.08. The summed E-state index contributed by atoms with van der Waals surface area (Å²) in [6.07, 6.45) is 5.56. The number of nitrogens with zero attached hydrogens (tertiary/aromatic N) is 2. The van der Waals surface area contributed by atoms with Crippen molar-refractivity contribution in [3.05, 3.63) is 0 Å². The molecule has 2 bridgehead atoms. The van der Waals surface area contributed by atoms with Crippen molar-refractivity contribution in [3.63, 3.8) is 0 Å². The number of carbonyl (C=O) groups is 1. The van der Waals surface area contributed by atoms with Crippen molar-refractivity contribution in [3.8, 4) is 0 Å². The third-order valence-electron chi connectivity index (χ3n) is 4.97. The molecule has 0 radical (unpaired) electrons. The summed E-state index contributed by atoms with van der Waals surface area (Å²) in [5.74, 6) is -0.401. The number of amides is 1. The Balaban J connectivity index is 1.77. The maximum atomic E-state index is 11.2. The number of nitrogens with two attached hydrogens (primary N) is 2. The van der Waals surface area contributed by atoms with E-state index in [1.807, 2.05) is 0 Å². The maximum Gasteiger partial charge on any atom is 0.237 e. The molecule has 0 aromatic heterocycles. The van der Waals surface area contributed by atoms with Gasteiger partial charge in [0.1, 0.15) is 0 Å². The lowest BCUT2D eigenvalue weighted by Crippen LogP contribution is -2.49. The van der Waals surface area contributed by atoms with E-state index in [4.69, 9.17) is 11.5 Å². The lowest BCUT2D eigenvalue weighted by atomic mass is 9.96. The van der Waals surface area contributed by atoms with Gasteiger partial charge in [0, 0.05) is 18.6 Å². The molecule has 0 spiro atoms. The molecule has 2 heterocycles. The first kappa shape index (κ1) is 14.8. The van der Waals surface area contributed by atoms with E-state index in [2.05, 4.69) is 16.8 Å². The third-order valence-corrected chi connectivity index (χ3v) is 4.97. The molecule has 0 aromatic rings. The maximum absolute atomic E-state index is 11.2. The average Bonchev–Trinajstić information content (AvgIpc) is 2.56. The van der Waals surface area contributed by atoms with Crippen LogP contribution in [0.3, 0.4) is 0 Å². The quantitative estimate of drug-likeness (QED) is 0.743. The second kappa shape index (κ2) is 5.77. The van der Waals surface area contributed by atoms with E-state index in [0.717, 1.165) is 25.6 Å². The van der Waals surface area contributed by atoms with Gasteiger partial charge < -0.3 is 16.4 Å². The molecule has 5 nitrogen and oxygen atoms in total. The fourth-order valence-electron chi connectivity index (χ4n) is 3.38. The summed E-state index contributed by atoms with van der Waals surface area (Å²) >= 11 is 0. The molecular formula is C14H28N4O. The van der Waals surface area contributed by atoms with Gasteiger partial charge in [0.2, 0.25) is 5.91 Å². The number of likely N-dealkylation sites (N-methyl/N-ethyl adjacent to an activating group) is 1. The van der Waals surface area contributed by atoms with E-state index < -0.39 is 11.4 Å². The Bertz CT molecular complexity index is 331. The van der Waals surface area contributed by atoms with Gasteiger partial charge in [-0.3, -0.25) is 9.69 Å². The number of fused-ring (bicyclic) bond motifs is 2. The normalized spacial score (nSPS) is 31.9. The lowest BCUT2D eigenvalue weighted by molar-refractivity contribution is -0.122. The zero-order valence-electron chi connectivity index (χ0n) is 12.3. The summed E-state index contributed by atoms with van der Waals surface area (Å²) in [5, 5.41) is 0. The highest BCUT2D eigenvalue weighted by Crippen LogP contribution is 2.28. The molecule has 2 aliphatic rings. The van der Waals surface area contributed by atoms with Crippen LogP contribution in [-0.4, -0.2) is 60.0 Å². The van der Waals surface area contributed by atoms with Gasteiger partial charge in [0.05, 0.1) is 5.54 Å². The van der Waals surface area contributed by atoms with E-state index in [1.54, 1.807) is 6.92 Å². The van der Waals surface area contributed by atoms with Crippen LogP contribution in [0.2, 0.25) is 0 Å². The largest absolute Gasteiger partial charge is 0.368 e. The Morgan fingerprint density at radius 2 is 2.00 bits per heavy atom. The molecule has 1 amide bonds. The molecule has 2 aliphatic heterocycles. The Labute approximate surface area is 116 Å². The molecule has 0 aromatic carbocycles. The molecule has 3 unspecified atom stereocenters. The zero-order valence-corrected chi connectivity index (χ0v) is 12.3. The fraction of sp³-hybridized carbons (Fsp3) is 0.929. The number of hydrogen-bond donors (Lipinski definition) is 2. The van der Waals surface area contributed by atoms with Crippen LogP contribution in [0.25, 0.3) is 0 Å². The Hall–Kier alpha value is -0.650. The Kier molecular flexibility index (Phi) is 4.48. The third kappa shape index (κ3) is 3.46. The monoisotopic (exact) mass is 268 g/mol. The SMILES string of the molecule is CN1C2CCC1CN(CCCC(C)(N)C(N)=O)CC2. The highest BCUT2D eigenvalue weighted by Gasteiger charge is 2.34. The summed E-state index contributed by atoms with van der Waals surface area (Å²) in [4.78, 5) is 16.3. The summed E-state index contributed by atoms with van der Waals surface area (Å²) < 4.78 is 0. The summed E-state index contributed by atoms with van der Waals surface area (Å²) in [7, 11) is 2.26. The number of primary amides is 1. The molecule has 2 fully saturated rings. The first-order valence-electron chi connectivity index (χ1n) is 7.43. The van der Waals surface area contributed by atoms with Crippen LogP contribution in [-0.2, 0) is 4.79 Å². The molecule has 0 aliphatic carbocycles. The average molecular weight is 268 g/mol. The highest BCUT2D eigenvalue weighted by molar-refractivity contribution is 5.83. The molecule has 0 saturated carbocycles. The first-order valence-corrected chi connectivity index (χ1v) is 7.43. The predicted octanol–water partition coefficient (Wildman–Crippen LogP) is 0.138. The smallest absolute Gasteiger partial charge is 0.237 e. The van der Waals surface area contributed by atoms with Crippen LogP contribution < -0.4 is 11.5 Å².